The molecule has 0 unspecified atom stereocenters. The zero-order valence-corrected chi connectivity index (χ0v) is 12.0. The maximum atomic E-state index is 5.50. The summed E-state index contributed by atoms with van der Waals surface area (Å²) in [5.41, 5.74) is 2.56. The van der Waals surface area contributed by atoms with Gasteiger partial charge in [0, 0.05) is 36.1 Å². The van der Waals surface area contributed by atoms with Crippen LogP contribution in [0.1, 0.15) is 26.6 Å². The van der Waals surface area contributed by atoms with Gasteiger partial charge in [-0.3, -0.25) is 0 Å². The highest BCUT2D eigenvalue weighted by atomic mass is 32.2. The van der Waals surface area contributed by atoms with Gasteiger partial charge in [0.05, 0.1) is 0 Å². The monoisotopic (exact) mass is 267 g/mol. The summed E-state index contributed by atoms with van der Waals surface area (Å²) >= 11 is 1.99. The molecule has 1 saturated heterocycles. The van der Waals surface area contributed by atoms with E-state index in [0.717, 1.165) is 36.2 Å². The Kier molecular flexibility index (Phi) is 3.97. The summed E-state index contributed by atoms with van der Waals surface area (Å²) in [6.45, 7) is 8.40. The summed E-state index contributed by atoms with van der Waals surface area (Å²) in [6.07, 6.45) is 0. The molecule has 0 aromatic carbocycles. The summed E-state index contributed by atoms with van der Waals surface area (Å²) in [5.74, 6) is 10.3. The molecule has 1 aliphatic heterocycles. The van der Waals surface area contributed by atoms with Crippen molar-refractivity contribution < 1.29 is 0 Å². The molecule has 2 heterocycles. The van der Waals surface area contributed by atoms with Crippen molar-refractivity contribution in [2.75, 3.05) is 34.9 Å². The second kappa shape index (κ2) is 5.32. The van der Waals surface area contributed by atoms with Crippen molar-refractivity contribution in [3.63, 3.8) is 0 Å². The summed E-state index contributed by atoms with van der Waals surface area (Å²) < 4.78 is 0. The smallest absolute Gasteiger partial charge is 0.145 e. The van der Waals surface area contributed by atoms with Crippen LogP contribution in [0.5, 0.6) is 0 Å². The molecular formula is C12H21N5S. The Morgan fingerprint density at radius 2 is 1.94 bits per heavy atom. The molecule has 5 nitrogen and oxygen atoms in total. The summed E-state index contributed by atoms with van der Waals surface area (Å²) in [5, 5.41) is 0. The van der Waals surface area contributed by atoms with Gasteiger partial charge in [0.15, 0.2) is 0 Å². The number of hydrogen-bond acceptors (Lipinski definition) is 6. The van der Waals surface area contributed by atoms with Crippen LogP contribution in [-0.2, 0) is 5.41 Å². The number of nitrogens with two attached hydrogens (primary N) is 1. The highest BCUT2D eigenvalue weighted by Crippen LogP contribution is 2.25. The fraction of sp³-hybridized carbons (Fsp3) is 0.667. The van der Waals surface area contributed by atoms with Crippen molar-refractivity contribution in [3.05, 3.63) is 11.9 Å². The zero-order valence-electron chi connectivity index (χ0n) is 11.2. The van der Waals surface area contributed by atoms with E-state index in [-0.39, 0.29) is 5.41 Å². The minimum absolute atomic E-state index is 0.0772. The Morgan fingerprint density at radius 3 is 2.50 bits per heavy atom. The number of rotatable bonds is 2. The van der Waals surface area contributed by atoms with E-state index in [2.05, 4.69) is 41.1 Å². The fourth-order valence-corrected chi connectivity index (χ4v) is 2.70. The van der Waals surface area contributed by atoms with Crippen LogP contribution >= 0.6 is 11.8 Å². The lowest BCUT2D eigenvalue weighted by atomic mass is 9.96. The van der Waals surface area contributed by atoms with E-state index in [9.17, 15) is 0 Å². The van der Waals surface area contributed by atoms with Crippen molar-refractivity contribution in [2.24, 2.45) is 5.84 Å². The summed E-state index contributed by atoms with van der Waals surface area (Å²) in [4.78, 5) is 11.4. The molecule has 18 heavy (non-hydrogen) atoms. The average Bonchev–Trinajstić information content (AvgIpc) is 2.38. The third kappa shape index (κ3) is 3.05. The lowest BCUT2D eigenvalue weighted by Crippen LogP contribution is -2.34. The minimum atomic E-state index is -0.0772. The summed E-state index contributed by atoms with van der Waals surface area (Å²) in [7, 11) is 0. The van der Waals surface area contributed by atoms with E-state index in [1.807, 2.05) is 17.8 Å². The van der Waals surface area contributed by atoms with Gasteiger partial charge in [-0.2, -0.15) is 11.8 Å². The molecule has 0 amide bonds. The van der Waals surface area contributed by atoms with E-state index in [0.29, 0.717) is 5.82 Å². The van der Waals surface area contributed by atoms with E-state index < -0.39 is 0 Å². The molecule has 1 aromatic rings. The van der Waals surface area contributed by atoms with E-state index >= 15 is 0 Å². The van der Waals surface area contributed by atoms with Gasteiger partial charge in [-0.25, -0.2) is 15.8 Å². The molecule has 0 radical (unpaired) electrons. The van der Waals surface area contributed by atoms with Gasteiger partial charge >= 0.3 is 0 Å². The predicted octanol–water partition coefficient (Wildman–Crippen LogP) is 1.61. The Hall–Kier alpha value is -1.01. The highest BCUT2D eigenvalue weighted by Gasteiger charge is 2.21. The number of nitrogen functional groups attached to an aromatic ring is 1. The number of thioether (sulfide) groups is 1. The fourth-order valence-electron chi connectivity index (χ4n) is 1.80. The number of nitrogens with one attached hydrogen (secondary N) is 1. The molecule has 6 heteroatoms. The van der Waals surface area contributed by atoms with Crippen LogP contribution in [-0.4, -0.2) is 34.6 Å². The van der Waals surface area contributed by atoms with E-state index in [4.69, 9.17) is 5.84 Å². The van der Waals surface area contributed by atoms with Gasteiger partial charge in [0.2, 0.25) is 0 Å². The lowest BCUT2D eigenvalue weighted by Gasteiger charge is -2.29. The van der Waals surface area contributed by atoms with Gasteiger partial charge < -0.3 is 10.3 Å². The van der Waals surface area contributed by atoms with Gasteiger partial charge in [-0.15, -0.1) is 0 Å². The second-order valence-corrected chi connectivity index (χ2v) is 6.65. The highest BCUT2D eigenvalue weighted by molar-refractivity contribution is 7.99. The lowest BCUT2D eigenvalue weighted by molar-refractivity contribution is 0.545. The molecule has 100 valence electrons. The molecule has 1 fully saturated rings. The number of aromatic nitrogens is 2. The topological polar surface area (TPSA) is 67.1 Å². The van der Waals surface area contributed by atoms with Crippen LogP contribution in [0.15, 0.2) is 6.07 Å². The van der Waals surface area contributed by atoms with Crippen LogP contribution in [0.4, 0.5) is 11.6 Å². The second-order valence-electron chi connectivity index (χ2n) is 5.43. The van der Waals surface area contributed by atoms with Crippen molar-refractivity contribution in [1.82, 2.24) is 9.97 Å². The van der Waals surface area contributed by atoms with Gasteiger partial charge in [-0.1, -0.05) is 20.8 Å². The molecule has 0 atom stereocenters. The Labute approximate surface area is 113 Å². The first kappa shape index (κ1) is 13.4. The molecule has 1 aliphatic rings. The first-order valence-electron chi connectivity index (χ1n) is 6.19. The quantitative estimate of drug-likeness (QED) is 0.627. The molecular weight excluding hydrogens is 246 g/mol. The minimum Gasteiger partial charge on any atom is -0.355 e. The molecule has 1 aromatic heterocycles. The Morgan fingerprint density at radius 1 is 1.28 bits per heavy atom. The molecule has 0 saturated carbocycles. The number of hydrogen-bond donors (Lipinski definition) is 2. The van der Waals surface area contributed by atoms with Gasteiger partial charge in [0.1, 0.15) is 17.5 Å². The van der Waals surface area contributed by atoms with Crippen LogP contribution < -0.4 is 16.2 Å². The third-order valence-electron chi connectivity index (χ3n) is 2.87. The largest absolute Gasteiger partial charge is 0.355 e. The van der Waals surface area contributed by atoms with Gasteiger partial charge in [0.25, 0.3) is 0 Å². The Bertz CT molecular complexity index is 409. The van der Waals surface area contributed by atoms with Crippen LogP contribution in [0.25, 0.3) is 0 Å². The van der Waals surface area contributed by atoms with Crippen molar-refractivity contribution >= 4 is 23.4 Å². The molecule has 2 rings (SSSR count). The number of anilines is 2. The van der Waals surface area contributed by atoms with Crippen molar-refractivity contribution in [1.29, 1.82) is 0 Å². The third-order valence-corrected chi connectivity index (χ3v) is 3.81. The predicted molar refractivity (Wildman–Crippen MR) is 78.1 cm³/mol. The van der Waals surface area contributed by atoms with E-state index in [1.54, 1.807) is 0 Å². The van der Waals surface area contributed by atoms with Crippen molar-refractivity contribution in [3.8, 4) is 0 Å². The maximum Gasteiger partial charge on any atom is 0.145 e. The standard InChI is InChI=1S/C12H21N5S/c1-12(2,3)11-14-9(16-13)8-10(15-11)17-4-6-18-7-5-17/h8H,4-7,13H2,1-3H3,(H,14,15,16). The van der Waals surface area contributed by atoms with Gasteiger partial charge in [-0.05, 0) is 0 Å². The molecule has 3 N–H and O–H groups in total. The Balaban J connectivity index is 2.34. The normalized spacial score (nSPS) is 16.8. The zero-order chi connectivity index (χ0) is 13.2. The van der Waals surface area contributed by atoms with Crippen LogP contribution in [0.2, 0.25) is 0 Å². The number of hydrazine groups is 1. The SMILES string of the molecule is CC(C)(C)c1nc(NN)cc(N2CCSCC2)n1. The average molecular weight is 267 g/mol. The van der Waals surface area contributed by atoms with Crippen molar-refractivity contribution in [2.45, 2.75) is 26.2 Å². The first-order valence-corrected chi connectivity index (χ1v) is 7.35. The maximum absolute atomic E-state index is 5.50. The molecule has 0 bridgehead atoms. The number of nitrogens with zero attached hydrogens (tertiary/aromatic N) is 3. The molecule has 0 aliphatic carbocycles. The molecule has 0 spiro atoms. The van der Waals surface area contributed by atoms with Crippen LogP contribution in [0.3, 0.4) is 0 Å². The summed E-state index contributed by atoms with van der Waals surface area (Å²) in [6, 6.07) is 1.92. The first-order chi connectivity index (χ1) is 8.50. The van der Waals surface area contributed by atoms with Crippen LogP contribution in [0, 0.1) is 0 Å². The van der Waals surface area contributed by atoms with E-state index in [1.165, 1.54) is 0 Å².